The molecule has 1 aromatic carbocycles. The van der Waals surface area contributed by atoms with E-state index in [4.69, 9.17) is 10.8 Å². The Morgan fingerprint density at radius 1 is 1.38 bits per heavy atom. The zero-order chi connectivity index (χ0) is 16.0. The van der Waals surface area contributed by atoms with Crippen molar-refractivity contribution in [3.05, 3.63) is 23.5 Å². The van der Waals surface area contributed by atoms with Crippen LogP contribution in [-0.4, -0.2) is 30.1 Å². The Morgan fingerprint density at radius 2 is 2.05 bits per heavy atom. The van der Waals surface area contributed by atoms with E-state index in [0.29, 0.717) is 12.5 Å². The predicted molar refractivity (Wildman–Crippen MR) is 78.7 cm³/mol. The van der Waals surface area contributed by atoms with E-state index in [1.807, 2.05) is 13.8 Å². The third kappa shape index (κ3) is 5.29. The molecule has 21 heavy (non-hydrogen) atoms. The predicted octanol–water partition coefficient (Wildman–Crippen LogP) is 1.68. The van der Waals surface area contributed by atoms with Crippen LogP contribution < -0.4 is 16.4 Å². The van der Waals surface area contributed by atoms with Crippen LogP contribution in [0.4, 0.5) is 15.8 Å². The largest absolute Gasteiger partial charge is 0.478 e. The lowest BCUT2D eigenvalue weighted by molar-refractivity contribution is -0.120. The van der Waals surface area contributed by atoms with Crippen LogP contribution in [0, 0.1) is 11.7 Å². The SMILES string of the molecule is CC(C)CNC(=O)CCNc1cc(C(=O)O)c(N)cc1F. The molecular formula is C14H20FN3O3. The number of amides is 1. The number of hydrogen-bond acceptors (Lipinski definition) is 4. The molecule has 0 saturated carbocycles. The number of aromatic carboxylic acids is 1. The minimum absolute atomic E-state index is 0.0123. The molecule has 0 aliphatic heterocycles. The molecule has 0 atom stereocenters. The molecule has 0 bridgehead atoms. The molecule has 5 N–H and O–H groups in total. The fourth-order valence-electron chi connectivity index (χ4n) is 1.63. The number of halogens is 1. The van der Waals surface area contributed by atoms with Crippen LogP contribution in [0.15, 0.2) is 12.1 Å². The number of carbonyl (C=O) groups excluding carboxylic acids is 1. The average molecular weight is 297 g/mol. The van der Waals surface area contributed by atoms with Crippen molar-refractivity contribution in [3.8, 4) is 0 Å². The Balaban J connectivity index is 2.58. The zero-order valence-corrected chi connectivity index (χ0v) is 12.1. The number of rotatable bonds is 7. The number of benzene rings is 1. The molecule has 7 heteroatoms. The van der Waals surface area contributed by atoms with E-state index in [9.17, 15) is 14.0 Å². The lowest BCUT2D eigenvalue weighted by Crippen LogP contribution is -2.28. The molecule has 0 aliphatic rings. The summed E-state index contributed by atoms with van der Waals surface area (Å²) < 4.78 is 13.6. The van der Waals surface area contributed by atoms with Crippen molar-refractivity contribution >= 4 is 23.3 Å². The molecule has 1 rings (SSSR count). The van der Waals surface area contributed by atoms with E-state index in [-0.39, 0.29) is 35.8 Å². The number of hydrogen-bond donors (Lipinski definition) is 4. The molecule has 1 amide bonds. The lowest BCUT2D eigenvalue weighted by atomic mass is 10.1. The van der Waals surface area contributed by atoms with Gasteiger partial charge in [-0.3, -0.25) is 4.79 Å². The Morgan fingerprint density at radius 3 is 2.62 bits per heavy atom. The highest BCUT2D eigenvalue weighted by Gasteiger charge is 2.13. The summed E-state index contributed by atoms with van der Waals surface area (Å²) in [6, 6.07) is 2.07. The number of nitrogens with two attached hydrogens (primary N) is 1. The molecule has 0 heterocycles. The highest BCUT2D eigenvalue weighted by Crippen LogP contribution is 2.22. The quantitative estimate of drug-likeness (QED) is 0.573. The number of nitrogens with one attached hydrogen (secondary N) is 2. The highest BCUT2D eigenvalue weighted by atomic mass is 19.1. The summed E-state index contributed by atoms with van der Waals surface area (Å²) in [5.41, 5.74) is 5.12. The standard InChI is InChI=1S/C14H20FN3O3/c1-8(2)7-18-13(19)3-4-17-12-5-9(14(20)21)11(16)6-10(12)15/h5-6,8,17H,3-4,7,16H2,1-2H3,(H,18,19)(H,20,21). The molecule has 0 fully saturated rings. The van der Waals surface area contributed by atoms with Crippen molar-refractivity contribution in [3.63, 3.8) is 0 Å². The van der Waals surface area contributed by atoms with Crippen molar-refractivity contribution in [1.82, 2.24) is 5.32 Å². The van der Waals surface area contributed by atoms with Gasteiger partial charge in [-0.2, -0.15) is 0 Å². The Labute approximate surface area is 122 Å². The fourth-order valence-corrected chi connectivity index (χ4v) is 1.63. The summed E-state index contributed by atoms with van der Waals surface area (Å²) >= 11 is 0. The molecule has 6 nitrogen and oxygen atoms in total. The molecule has 116 valence electrons. The lowest BCUT2D eigenvalue weighted by Gasteiger charge is -2.11. The molecule has 0 spiro atoms. The van der Waals surface area contributed by atoms with Crippen LogP contribution in [0.2, 0.25) is 0 Å². The van der Waals surface area contributed by atoms with Crippen LogP contribution >= 0.6 is 0 Å². The van der Waals surface area contributed by atoms with Gasteiger partial charge in [0.25, 0.3) is 0 Å². The van der Waals surface area contributed by atoms with Crippen LogP contribution in [0.3, 0.4) is 0 Å². The first-order valence-electron chi connectivity index (χ1n) is 6.64. The molecule has 0 aliphatic carbocycles. The second-order valence-corrected chi connectivity index (χ2v) is 5.10. The molecule has 0 aromatic heterocycles. The number of nitrogen functional groups attached to an aromatic ring is 1. The topological polar surface area (TPSA) is 104 Å². The summed E-state index contributed by atoms with van der Waals surface area (Å²) in [6.45, 7) is 4.74. The van der Waals surface area contributed by atoms with Gasteiger partial charge in [-0.25, -0.2) is 9.18 Å². The van der Waals surface area contributed by atoms with E-state index >= 15 is 0 Å². The fraction of sp³-hybridized carbons (Fsp3) is 0.429. The van der Waals surface area contributed by atoms with Gasteiger partial charge in [0, 0.05) is 25.2 Å². The van der Waals surface area contributed by atoms with Crippen molar-refractivity contribution < 1.29 is 19.1 Å². The normalized spacial score (nSPS) is 10.5. The van der Waals surface area contributed by atoms with Crippen molar-refractivity contribution in [2.45, 2.75) is 20.3 Å². The van der Waals surface area contributed by atoms with E-state index in [1.54, 1.807) is 0 Å². The maximum atomic E-state index is 13.6. The summed E-state index contributed by atoms with van der Waals surface area (Å²) in [5, 5.41) is 14.4. The van der Waals surface area contributed by atoms with Gasteiger partial charge >= 0.3 is 5.97 Å². The third-order valence-corrected chi connectivity index (χ3v) is 2.74. The van der Waals surface area contributed by atoms with Crippen LogP contribution in [0.5, 0.6) is 0 Å². The molecule has 0 unspecified atom stereocenters. The molecule has 1 aromatic rings. The summed E-state index contributed by atoms with van der Waals surface area (Å²) in [6.07, 6.45) is 0.166. The van der Waals surface area contributed by atoms with Gasteiger partial charge in [0.1, 0.15) is 5.82 Å². The zero-order valence-electron chi connectivity index (χ0n) is 12.1. The van der Waals surface area contributed by atoms with Gasteiger partial charge in [-0.15, -0.1) is 0 Å². The molecule has 0 saturated heterocycles. The molecular weight excluding hydrogens is 277 g/mol. The van der Waals surface area contributed by atoms with E-state index < -0.39 is 11.8 Å². The van der Waals surface area contributed by atoms with Crippen LogP contribution in [-0.2, 0) is 4.79 Å². The van der Waals surface area contributed by atoms with Crippen molar-refractivity contribution in [2.75, 3.05) is 24.1 Å². The second kappa shape index (κ2) is 7.47. The first kappa shape index (κ1) is 16.7. The first-order valence-corrected chi connectivity index (χ1v) is 6.64. The maximum absolute atomic E-state index is 13.6. The smallest absolute Gasteiger partial charge is 0.337 e. The number of carboxylic acid groups (broad SMARTS) is 1. The van der Waals surface area contributed by atoms with Crippen LogP contribution in [0.1, 0.15) is 30.6 Å². The number of carboxylic acids is 1. The first-order chi connectivity index (χ1) is 9.81. The number of carbonyl (C=O) groups is 2. The number of anilines is 2. The van der Waals surface area contributed by atoms with Crippen molar-refractivity contribution in [2.24, 2.45) is 5.92 Å². The molecule has 0 radical (unpaired) electrons. The van der Waals surface area contributed by atoms with E-state index in [0.717, 1.165) is 12.1 Å². The van der Waals surface area contributed by atoms with Gasteiger partial charge in [0.2, 0.25) is 5.91 Å². The average Bonchev–Trinajstić information content (AvgIpc) is 2.38. The highest BCUT2D eigenvalue weighted by molar-refractivity contribution is 5.94. The minimum Gasteiger partial charge on any atom is -0.478 e. The minimum atomic E-state index is -1.23. The monoisotopic (exact) mass is 297 g/mol. The van der Waals surface area contributed by atoms with E-state index in [1.165, 1.54) is 0 Å². The Kier molecular flexibility index (Phi) is 5.95. The summed E-state index contributed by atoms with van der Waals surface area (Å²) in [4.78, 5) is 22.4. The van der Waals surface area contributed by atoms with Gasteiger partial charge in [0.15, 0.2) is 0 Å². The van der Waals surface area contributed by atoms with Gasteiger partial charge in [-0.1, -0.05) is 13.8 Å². The van der Waals surface area contributed by atoms with Crippen LogP contribution in [0.25, 0.3) is 0 Å². The maximum Gasteiger partial charge on any atom is 0.337 e. The van der Waals surface area contributed by atoms with Gasteiger partial charge in [-0.05, 0) is 18.1 Å². The van der Waals surface area contributed by atoms with Gasteiger partial charge < -0.3 is 21.5 Å². The summed E-state index contributed by atoms with van der Waals surface area (Å²) in [7, 11) is 0. The third-order valence-electron chi connectivity index (χ3n) is 2.74. The van der Waals surface area contributed by atoms with Gasteiger partial charge in [0.05, 0.1) is 11.3 Å². The Bertz CT molecular complexity index is 532. The van der Waals surface area contributed by atoms with Crippen molar-refractivity contribution in [1.29, 1.82) is 0 Å². The Hall–Kier alpha value is -2.31. The summed E-state index contributed by atoms with van der Waals surface area (Å²) in [5.74, 6) is -1.68. The second-order valence-electron chi connectivity index (χ2n) is 5.10. The van der Waals surface area contributed by atoms with E-state index in [2.05, 4.69) is 10.6 Å².